The van der Waals surface area contributed by atoms with Gasteiger partial charge in [0.1, 0.15) is 18.5 Å². The second-order valence-electron chi connectivity index (χ2n) is 6.18. The maximum Gasteiger partial charge on any atom is 0.162 e. The predicted molar refractivity (Wildman–Crippen MR) is 95.7 cm³/mol. The van der Waals surface area contributed by atoms with Gasteiger partial charge in [-0.15, -0.1) is 0 Å². The molecule has 0 radical (unpaired) electrons. The molecule has 0 aliphatic rings. The number of carbonyl (C=O) groups is 1. The van der Waals surface area contributed by atoms with E-state index in [9.17, 15) is 9.90 Å². The van der Waals surface area contributed by atoms with Crippen LogP contribution in [0.15, 0.2) is 18.2 Å². The molecule has 0 saturated carbocycles. The molecule has 0 heterocycles. The first kappa shape index (κ1) is 20.6. The Hall–Kier alpha value is -1.43. The minimum atomic E-state index is -0.589. The maximum atomic E-state index is 11.9. The quantitative estimate of drug-likeness (QED) is 0.453. The summed E-state index contributed by atoms with van der Waals surface area (Å²) in [6.45, 7) is 9.68. The summed E-state index contributed by atoms with van der Waals surface area (Å²) in [5.41, 5.74) is 1.51. The number of benzene rings is 1. The zero-order valence-corrected chi connectivity index (χ0v) is 15.3. The molecule has 136 valence electrons. The molecule has 0 fully saturated rings. The Bertz CT molecular complexity index is 502. The largest absolute Gasteiger partial charge is 0.490 e. The number of Topliss-reactive ketones (excluding diaryl/α,β-unsaturated/α-hetero) is 1. The molecule has 0 bridgehead atoms. The Morgan fingerprint density at radius 2 is 2.04 bits per heavy atom. The van der Waals surface area contributed by atoms with Gasteiger partial charge in [-0.25, -0.2) is 0 Å². The summed E-state index contributed by atoms with van der Waals surface area (Å²) in [7, 11) is 0. The number of hydrogen-bond acceptors (Lipinski definition) is 5. The highest BCUT2D eigenvalue weighted by atomic mass is 16.5. The van der Waals surface area contributed by atoms with Gasteiger partial charge in [0, 0.05) is 36.7 Å². The molecular weight excluding hydrogens is 306 g/mol. The Morgan fingerprint density at radius 1 is 1.29 bits per heavy atom. The highest BCUT2D eigenvalue weighted by Gasteiger charge is 2.12. The highest BCUT2D eigenvalue weighted by molar-refractivity contribution is 5.96. The van der Waals surface area contributed by atoms with Gasteiger partial charge in [0.25, 0.3) is 0 Å². The molecule has 2 N–H and O–H groups in total. The zero-order chi connectivity index (χ0) is 17.9. The summed E-state index contributed by atoms with van der Waals surface area (Å²) >= 11 is 0. The van der Waals surface area contributed by atoms with Crippen LogP contribution in [0.1, 0.15) is 56.5 Å². The van der Waals surface area contributed by atoms with Crippen molar-refractivity contribution < 1.29 is 19.4 Å². The average molecular weight is 337 g/mol. The Labute approximate surface area is 145 Å². The van der Waals surface area contributed by atoms with Crippen LogP contribution >= 0.6 is 0 Å². The molecule has 0 saturated heterocycles. The van der Waals surface area contributed by atoms with Gasteiger partial charge in [0.2, 0.25) is 0 Å². The smallest absolute Gasteiger partial charge is 0.162 e. The van der Waals surface area contributed by atoms with Crippen LogP contribution in [0.4, 0.5) is 0 Å². The lowest BCUT2D eigenvalue weighted by Crippen LogP contribution is -2.35. The molecule has 0 amide bonds. The molecule has 1 unspecified atom stereocenters. The topological polar surface area (TPSA) is 67.8 Å². The van der Waals surface area contributed by atoms with Crippen molar-refractivity contribution in [3.8, 4) is 5.75 Å². The number of aliphatic hydroxyl groups excluding tert-OH is 1. The predicted octanol–water partition coefficient (Wildman–Crippen LogP) is 2.94. The summed E-state index contributed by atoms with van der Waals surface area (Å²) in [5.74, 6) is 0.752. The Morgan fingerprint density at radius 3 is 2.67 bits per heavy atom. The second kappa shape index (κ2) is 11.2. The van der Waals surface area contributed by atoms with E-state index in [0.717, 1.165) is 12.0 Å². The van der Waals surface area contributed by atoms with Crippen molar-refractivity contribution in [1.82, 2.24) is 5.32 Å². The van der Waals surface area contributed by atoms with Gasteiger partial charge in [-0.3, -0.25) is 4.79 Å². The van der Waals surface area contributed by atoms with Crippen molar-refractivity contribution in [2.24, 2.45) is 0 Å². The van der Waals surface area contributed by atoms with Gasteiger partial charge in [0.05, 0.1) is 6.61 Å². The second-order valence-corrected chi connectivity index (χ2v) is 6.18. The van der Waals surface area contributed by atoms with Gasteiger partial charge in [-0.05, 0) is 24.6 Å². The van der Waals surface area contributed by atoms with Gasteiger partial charge >= 0.3 is 0 Å². The lowest BCUT2D eigenvalue weighted by Gasteiger charge is -2.17. The molecular formula is C19H31NO4. The average Bonchev–Trinajstić information content (AvgIpc) is 2.58. The van der Waals surface area contributed by atoms with E-state index >= 15 is 0 Å². The number of rotatable bonds is 12. The lowest BCUT2D eigenvalue weighted by atomic mass is 10.1. The monoisotopic (exact) mass is 337 g/mol. The normalized spacial score (nSPS) is 12.4. The summed E-state index contributed by atoms with van der Waals surface area (Å²) in [6.07, 6.45) is 0.812. The van der Waals surface area contributed by atoms with Crippen LogP contribution in [-0.2, 0) is 11.3 Å². The first-order valence-electron chi connectivity index (χ1n) is 8.76. The fourth-order valence-corrected chi connectivity index (χ4v) is 2.15. The number of ketones is 1. The summed E-state index contributed by atoms with van der Waals surface area (Å²) in [4.78, 5) is 11.9. The fourth-order valence-electron chi connectivity index (χ4n) is 2.15. The molecule has 0 spiro atoms. The SMILES string of the molecule is CCCOCc1cc(C(=O)CC)ccc1OCC(O)CNC(C)C. The van der Waals surface area contributed by atoms with Crippen LogP contribution in [0.25, 0.3) is 0 Å². The standard InChI is InChI=1S/C19H31NO4/c1-5-9-23-12-16-10-15(18(22)6-2)7-8-19(16)24-13-17(21)11-20-14(3)4/h7-8,10,14,17,20-21H,5-6,9,11-13H2,1-4H3. The first-order chi connectivity index (χ1) is 11.5. The van der Waals surface area contributed by atoms with Crippen molar-refractivity contribution in [2.45, 2.75) is 59.3 Å². The highest BCUT2D eigenvalue weighted by Crippen LogP contribution is 2.22. The molecule has 1 rings (SSSR count). The van der Waals surface area contributed by atoms with Crippen molar-refractivity contribution in [1.29, 1.82) is 0 Å². The molecule has 1 atom stereocenters. The number of nitrogens with one attached hydrogen (secondary N) is 1. The minimum Gasteiger partial charge on any atom is -0.490 e. The van der Waals surface area contributed by atoms with Crippen LogP contribution in [0.2, 0.25) is 0 Å². The van der Waals surface area contributed by atoms with E-state index in [4.69, 9.17) is 9.47 Å². The number of ether oxygens (including phenoxy) is 2. The third kappa shape index (κ3) is 7.43. The number of aliphatic hydroxyl groups is 1. The van der Waals surface area contributed by atoms with E-state index in [1.54, 1.807) is 12.1 Å². The van der Waals surface area contributed by atoms with Crippen molar-refractivity contribution in [3.63, 3.8) is 0 Å². The van der Waals surface area contributed by atoms with Gasteiger partial charge in [-0.1, -0.05) is 27.7 Å². The van der Waals surface area contributed by atoms with Gasteiger partial charge in [-0.2, -0.15) is 0 Å². The van der Waals surface area contributed by atoms with Crippen LogP contribution in [0.5, 0.6) is 5.75 Å². The summed E-state index contributed by atoms with van der Waals surface area (Å²) in [6, 6.07) is 5.70. The molecule has 0 aromatic heterocycles. The number of hydrogen-bond donors (Lipinski definition) is 2. The Balaban J connectivity index is 2.74. The molecule has 0 aliphatic carbocycles. The van der Waals surface area contributed by atoms with E-state index in [0.29, 0.717) is 43.5 Å². The van der Waals surface area contributed by atoms with Crippen LogP contribution in [0, 0.1) is 0 Å². The van der Waals surface area contributed by atoms with Gasteiger partial charge < -0.3 is 19.9 Å². The van der Waals surface area contributed by atoms with Crippen molar-refractivity contribution in [3.05, 3.63) is 29.3 Å². The Kier molecular flexibility index (Phi) is 9.60. The first-order valence-corrected chi connectivity index (χ1v) is 8.76. The molecule has 5 heteroatoms. The minimum absolute atomic E-state index is 0.0967. The molecule has 1 aromatic rings. The molecule has 1 aromatic carbocycles. The van der Waals surface area contributed by atoms with Crippen LogP contribution in [-0.4, -0.2) is 42.8 Å². The molecule has 5 nitrogen and oxygen atoms in total. The summed E-state index contributed by atoms with van der Waals surface area (Å²) in [5, 5.41) is 13.1. The third-order valence-corrected chi connectivity index (χ3v) is 3.50. The zero-order valence-electron chi connectivity index (χ0n) is 15.3. The molecule has 24 heavy (non-hydrogen) atoms. The van der Waals surface area contributed by atoms with Gasteiger partial charge in [0.15, 0.2) is 5.78 Å². The van der Waals surface area contributed by atoms with Crippen LogP contribution in [0.3, 0.4) is 0 Å². The molecule has 0 aliphatic heterocycles. The lowest BCUT2D eigenvalue weighted by molar-refractivity contribution is 0.0960. The number of carbonyl (C=O) groups excluding carboxylic acids is 1. The summed E-state index contributed by atoms with van der Waals surface area (Å²) < 4.78 is 11.3. The fraction of sp³-hybridized carbons (Fsp3) is 0.632. The van der Waals surface area contributed by atoms with E-state index in [2.05, 4.69) is 5.32 Å². The van der Waals surface area contributed by atoms with E-state index in [1.165, 1.54) is 0 Å². The van der Waals surface area contributed by atoms with Crippen LogP contribution < -0.4 is 10.1 Å². The third-order valence-electron chi connectivity index (χ3n) is 3.50. The van der Waals surface area contributed by atoms with Crippen molar-refractivity contribution in [2.75, 3.05) is 19.8 Å². The van der Waals surface area contributed by atoms with E-state index in [-0.39, 0.29) is 12.4 Å². The maximum absolute atomic E-state index is 11.9. The van der Waals surface area contributed by atoms with Crippen molar-refractivity contribution >= 4 is 5.78 Å². The van der Waals surface area contributed by atoms with E-state index in [1.807, 2.05) is 33.8 Å². The van der Waals surface area contributed by atoms with E-state index < -0.39 is 6.10 Å².